The van der Waals surface area contributed by atoms with Crippen molar-refractivity contribution in [3.05, 3.63) is 70.3 Å². The third-order valence-corrected chi connectivity index (χ3v) is 4.94. The van der Waals surface area contributed by atoms with Crippen LogP contribution in [-0.4, -0.2) is 9.55 Å². The number of nitrogens with zero attached hydrogens (tertiary/aromatic N) is 2. The molecule has 1 aliphatic rings. The summed E-state index contributed by atoms with van der Waals surface area (Å²) in [6.45, 7) is 0. The molecule has 0 saturated carbocycles. The Hall–Kier alpha value is -2.88. The van der Waals surface area contributed by atoms with Gasteiger partial charge in [-0.1, -0.05) is 24.3 Å². The van der Waals surface area contributed by atoms with Gasteiger partial charge in [-0.3, -0.25) is 4.57 Å². The van der Waals surface area contributed by atoms with Crippen LogP contribution in [0.25, 0.3) is 27.7 Å². The second kappa shape index (κ2) is 5.06. The molecule has 0 bridgehead atoms. The maximum atomic E-state index is 12.3. The van der Waals surface area contributed by atoms with Crippen LogP contribution in [-0.2, 0) is 12.8 Å². The van der Waals surface area contributed by atoms with E-state index >= 15 is 0 Å². The number of aryl methyl sites for hydroxylation is 1. The molecule has 2 heterocycles. The molecule has 0 amide bonds. The molecule has 0 aliphatic heterocycles. The molecule has 0 atom stereocenters. The molecule has 4 aromatic rings. The van der Waals surface area contributed by atoms with E-state index in [1.807, 2.05) is 24.3 Å². The molecule has 1 aliphatic carbocycles. The fourth-order valence-corrected chi connectivity index (χ4v) is 3.82. The van der Waals surface area contributed by atoms with Crippen LogP contribution >= 0.6 is 0 Å². The summed E-state index contributed by atoms with van der Waals surface area (Å²) in [6.07, 6.45) is 6.40. The Morgan fingerprint density at radius 1 is 1.00 bits per heavy atom. The van der Waals surface area contributed by atoms with E-state index in [0.717, 1.165) is 29.4 Å². The van der Waals surface area contributed by atoms with Crippen LogP contribution in [0, 0.1) is 0 Å². The second-order valence-corrected chi connectivity index (χ2v) is 6.32. The molecule has 0 unspecified atom stereocenters. The van der Waals surface area contributed by atoms with Gasteiger partial charge in [-0.05, 0) is 55.0 Å². The predicted molar refractivity (Wildman–Crippen MR) is 93.8 cm³/mol. The smallest absolute Gasteiger partial charge is 0.364 e. The summed E-state index contributed by atoms with van der Waals surface area (Å²) >= 11 is 0. The highest BCUT2D eigenvalue weighted by Gasteiger charge is 2.18. The topological polar surface area (TPSA) is 48.0 Å². The van der Waals surface area contributed by atoms with Crippen LogP contribution in [0.1, 0.15) is 24.0 Å². The lowest BCUT2D eigenvalue weighted by Gasteiger charge is -2.20. The number of rotatable bonds is 1. The van der Waals surface area contributed by atoms with Gasteiger partial charge in [0.1, 0.15) is 11.9 Å². The van der Waals surface area contributed by atoms with Crippen molar-refractivity contribution in [2.75, 3.05) is 0 Å². The number of fused-ring (bicyclic) bond motifs is 4. The van der Waals surface area contributed by atoms with Gasteiger partial charge in [-0.2, -0.15) is 0 Å². The Labute approximate surface area is 138 Å². The van der Waals surface area contributed by atoms with Crippen molar-refractivity contribution in [1.82, 2.24) is 9.55 Å². The van der Waals surface area contributed by atoms with Gasteiger partial charge in [0.25, 0.3) is 0 Å². The SMILES string of the molecule is O=c1oc2ccccc2c2c1ncn2-c1cccc2c1CCCC2. The van der Waals surface area contributed by atoms with Crippen molar-refractivity contribution in [3.63, 3.8) is 0 Å². The monoisotopic (exact) mass is 316 g/mol. The fraction of sp³-hybridized carbons (Fsp3) is 0.200. The molecule has 0 fully saturated rings. The molecule has 118 valence electrons. The molecule has 5 rings (SSSR count). The molecule has 4 heteroatoms. The number of benzene rings is 2. The van der Waals surface area contributed by atoms with Crippen LogP contribution in [0.15, 0.2) is 58.0 Å². The molecule has 24 heavy (non-hydrogen) atoms. The van der Waals surface area contributed by atoms with Crippen molar-refractivity contribution < 1.29 is 4.42 Å². The Kier molecular flexibility index (Phi) is 2.86. The van der Waals surface area contributed by atoms with Gasteiger partial charge in [-0.15, -0.1) is 0 Å². The molecule has 0 N–H and O–H groups in total. The van der Waals surface area contributed by atoms with Gasteiger partial charge in [0.05, 0.1) is 11.2 Å². The fourth-order valence-electron chi connectivity index (χ4n) is 3.82. The minimum atomic E-state index is -0.382. The minimum absolute atomic E-state index is 0.382. The van der Waals surface area contributed by atoms with Crippen molar-refractivity contribution in [2.24, 2.45) is 0 Å². The van der Waals surface area contributed by atoms with E-state index in [0.29, 0.717) is 11.1 Å². The third kappa shape index (κ3) is 1.86. The van der Waals surface area contributed by atoms with Gasteiger partial charge in [0.2, 0.25) is 0 Å². The lowest BCUT2D eigenvalue weighted by atomic mass is 9.90. The van der Waals surface area contributed by atoms with Crippen molar-refractivity contribution in [1.29, 1.82) is 0 Å². The van der Waals surface area contributed by atoms with E-state index in [1.54, 1.807) is 6.33 Å². The average Bonchev–Trinajstić information content (AvgIpc) is 3.07. The number of para-hydroxylation sites is 1. The normalized spacial score (nSPS) is 14.2. The quantitative estimate of drug-likeness (QED) is 0.498. The summed E-state index contributed by atoms with van der Waals surface area (Å²) < 4.78 is 7.46. The molecule has 2 aromatic carbocycles. The highest BCUT2D eigenvalue weighted by Crippen LogP contribution is 2.30. The number of hydrogen-bond donors (Lipinski definition) is 0. The Morgan fingerprint density at radius 2 is 1.88 bits per heavy atom. The van der Waals surface area contributed by atoms with Crippen molar-refractivity contribution in [3.8, 4) is 5.69 Å². The first-order chi connectivity index (χ1) is 11.8. The van der Waals surface area contributed by atoms with E-state index < -0.39 is 0 Å². The molecule has 4 nitrogen and oxygen atoms in total. The van der Waals surface area contributed by atoms with Crippen LogP contribution in [0.3, 0.4) is 0 Å². The first-order valence-corrected chi connectivity index (χ1v) is 8.33. The third-order valence-electron chi connectivity index (χ3n) is 4.94. The lowest BCUT2D eigenvalue weighted by Crippen LogP contribution is -2.08. The zero-order chi connectivity index (χ0) is 16.1. The summed E-state index contributed by atoms with van der Waals surface area (Å²) in [4.78, 5) is 16.6. The Morgan fingerprint density at radius 3 is 2.83 bits per heavy atom. The van der Waals surface area contributed by atoms with E-state index in [9.17, 15) is 4.79 Å². The van der Waals surface area contributed by atoms with Crippen molar-refractivity contribution in [2.45, 2.75) is 25.7 Å². The molecular weight excluding hydrogens is 300 g/mol. The highest BCUT2D eigenvalue weighted by molar-refractivity contribution is 6.01. The molecule has 0 spiro atoms. The highest BCUT2D eigenvalue weighted by atomic mass is 16.4. The summed E-state index contributed by atoms with van der Waals surface area (Å²) in [5, 5.41) is 0.915. The standard InChI is InChI=1S/C20H16N2O2/c23-20-18-19(15-9-3-4-11-17(15)24-20)22(12-21-18)16-10-5-7-13-6-1-2-8-14(13)16/h3-5,7,9-12H,1-2,6,8H2. The Balaban J connectivity index is 1.91. The van der Waals surface area contributed by atoms with Crippen LogP contribution < -0.4 is 5.63 Å². The van der Waals surface area contributed by atoms with Crippen molar-refractivity contribution >= 4 is 22.0 Å². The first-order valence-electron chi connectivity index (χ1n) is 8.33. The minimum Gasteiger partial charge on any atom is -0.421 e. The predicted octanol–water partition coefficient (Wildman–Crippen LogP) is 4.01. The van der Waals surface area contributed by atoms with Crippen LogP contribution in [0.4, 0.5) is 0 Å². The summed E-state index contributed by atoms with van der Waals surface area (Å²) in [6, 6.07) is 14.1. The zero-order valence-electron chi connectivity index (χ0n) is 13.2. The van der Waals surface area contributed by atoms with E-state index in [-0.39, 0.29) is 5.63 Å². The Bertz CT molecular complexity index is 1140. The van der Waals surface area contributed by atoms with Gasteiger partial charge in [-0.25, -0.2) is 9.78 Å². The molecule has 0 saturated heterocycles. The largest absolute Gasteiger partial charge is 0.421 e. The van der Waals surface area contributed by atoms with Gasteiger partial charge < -0.3 is 4.42 Å². The molecular formula is C20H16N2O2. The average molecular weight is 316 g/mol. The lowest BCUT2D eigenvalue weighted by molar-refractivity contribution is 0.568. The van der Waals surface area contributed by atoms with Crippen LogP contribution in [0.2, 0.25) is 0 Å². The van der Waals surface area contributed by atoms with E-state index in [2.05, 4.69) is 27.8 Å². The number of hydrogen-bond acceptors (Lipinski definition) is 3. The summed E-state index contributed by atoms with van der Waals surface area (Å²) in [5.41, 5.74) is 5.36. The number of imidazole rings is 1. The number of aromatic nitrogens is 2. The zero-order valence-corrected chi connectivity index (χ0v) is 13.2. The molecule has 0 radical (unpaired) electrons. The first kappa shape index (κ1) is 13.5. The van der Waals surface area contributed by atoms with Gasteiger partial charge in [0, 0.05) is 5.39 Å². The summed E-state index contributed by atoms with van der Waals surface area (Å²) in [5.74, 6) is 0. The maximum absolute atomic E-state index is 12.3. The van der Waals surface area contributed by atoms with Gasteiger partial charge >= 0.3 is 5.63 Å². The van der Waals surface area contributed by atoms with Gasteiger partial charge in [0.15, 0.2) is 5.52 Å². The van der Waals surface area contributed by atoms with E-state index in [1.165, 1.54) is 24.0 Å². The molecule has 2 aromatic heterocycles. The second-order valence-electron chi connectivity index (χ2n) is 6.32. The van der Waals surface area contributed by atoms with Crippen LogP contribution in [0.5, 0.6) is 0 Å². The maximum Gasteiger partial charge on any atom is 0.364 e. The summed E-state index contributed by atoms with van der Waals surface area (Å²) in [7, 11) is 0. The van der Waals surface area contributed by atoms with E-state index in [4.69, 9.17) is 4.42 Å².